The standard InChI is InChI=1S/C11H22N2O3/c1-2-3-4-7-15-8-9-5-6-10(16-9)11(14)13-12/h9-10H,2-8,12H2,1H3,(H,13,14). The number of nitrogens with two attached hydrogens (primary N) is 1. The molecule has 0 saturated carbocycles. The van der Waals surface area contributed by atoms with Crippen LogP contribution in [0, 0.1) is 0 Å². The summed E-state index contributed by atoms with van der Waals surface area (Å²) in [6, 6.07) is 0. The number of unbranched alkanes of at least 4 members (excludes halogenated alkanes) is 2. The largest absolute Gasteiger partial charge is 0.379 e. The third-order valence-electron chi connectivity index (χ3n) is 2.74. The molecule has 2 unspecified atom stereocenters. The lowest BCUT2D eigenvalue weighted by Crippen LogP contribution is -2.39. The van der Waals surface area contributed by atoms with Crippen LogP contribution in [0.1, 0.15) is 39.0 Å². The van der Waals surface area contributed by atoms with Crippen LogP contribution in [0.3, 0.4) is 0 Å². The Morgan fingerprint density at radius 2 is 2.31 bits per heavy atom. The Labute approximate surface area is 96.6 Å². The Balaban J connectivity index is 2.05. The van der Waals surface area contributed by atoms with Gasteiger partial charge in [0.25, 0.3) is 5.91 Å². The summed E-state index contributed by atoms with van der Waals surface area (Å²) in [5.74, 6) is 4.80. The molecule has 0 aromatic heterocycles. The predicted molar refractivity (Wildman–Crippen MR) is 60.6 cm³/mol. The highest BCUT2D eigenvalue weighted by Crippen LogP contribution is 2.19. The van der Waals surface area contributed by atoms with E-state index in [1.54, 1.807) is 0 Å². The molecule has 5 heteroatoms. The molecule has 1 amide bonds. The summed E-state index contributed by atoms with van der Waals surface area (Å²) in [4.78, 5) is 11.2. The van der Waals surface area contributed by atoms with Crippen LogP contribution in [-0.2, 0) is 14.3 Å². The molecule has 1 fully saturated rings. The topological polar surface area (TPSA) is 73.6 Å². The van der Waals surface area contributed by atoms with Gasteiger partial charge in [0.15, 0.2) is 0 Å². The second kappa shape index (κ2) is 7.60. The minimum Gasteiger partial charge on any atom is -0.379 e. The van der Waals surface area contributed by atoms with Crippen LogP contribution in [0.4, 0.5) is 0 Å². The average Bonchev–Trinajstić information content (AvgIpc) is 2.76. The fourth-order valence-corrected chi connectivity index (χ4v) is 1.78. The van der Waals surface area contributed by atoms with E-state index >= 15 is 0 Å². The molecule has 3 N–H and O–H groups in total. The van der Waals surface area contributed by atoms with Crippen LogP contribution in [0.15, 0.2) is 0 Å². The zero-order chi connectivity index (χ0) is 11.8. The molecular weight excluding hydrogens is 208 g/mol. The number of nitrogens with one attached hydrogen (secondary N) is 1. The monoisotopic (exact) mass is 230 g/mol. The van der Waals surface area contributed by atoms with Crippen molar-refractivity contribution in [1.29, 1.82) is 0 Å². The second-order valence-corrected chi connectivity index (χ2v) is 4.11. The van der Waals surface area contributed by atoms with Crippen molar-refractivity contribution in [3.63, 3.8) is 0 Å². The molecule has 1 heterocycles. The molecule has 1 saturated heterocycles. The van der Waals surface area contributed by atoms with Crippen molar-refractivity contribution in [1.82, 2.24) is 5.43 Å². The van der Waals surface area contributed by atoms with Crippen molar-refractivity contribution < 1.29 is 14.3 Å². The van der Waals surface area contributed by atoms with Gasteiger partial charge in [-0.25, -0.2) is 5.84 Å². The van der Waals surface area contributed by atoms with Crippen molar-refractivity contribution in [3.05, 3.63) is 0 Å². The molecule has 94 valence electrons. The normalized spacial score (nSPS) is 24.6. The zero-order valence-corrected chi connectivity index (χ0v) is 9.91. The van der Waals surface area contributed by atoms with Crippen LogP contribution in [0.5, 0.6) is 0 Å². The third-order valence-corrected chi connectivity index (χ3v) is 2.74. The van der Waals surface area contributed by atoms with Gasteiger partial charge in [-0.15, -0.1) is 0 Å². The van der Waals surface area contributed by atoms with E-state index in [4.69, 9.17) is 15.3 Å². The van der Waals surface area contributed by atoms with Crippen LogP contribution in [-0.4, -0.2) is 31.3 Å². The van der Waals surface area contributed by atoms with Gasteiger partial charge < -0.3 is 9.47 Å². The molecule has 2 atom stereocenters. The van der Waals surface area contributed by atoms with Crippen LogP contribution >= 0.6 is 0 Å². The van der Waals surface area contributed by atoms with Crippen molar-refractivity contribution in [3.8, 4) is 0 Å². The minimum atomic E-state index is -0.394. The summed E-state index contributed by atoms with van der Waals surface area (Å²) in [7, 11) is 0. The van der Waals surface area contributed by atoms with E-state index in [2.05, 4.69) is 12.3 Å². The van der Waals surface area contributed by atoms with Gasteiger partial charge >= 0.3 is 0 Å². The second-order valence-electron chi connectivity index (χ2n) is 4.11. The van der Waals surface area contributed by atoms with Crippen LogP contribution in [0.25, 0.3) is 0 Å². The van der Waals surface area contributed by atoms with Gasteiger partial charge in [-0.2, -0.15) is 0 Å². The fraction of sp³-hybridized carbons (Fsp3) is 0.909. The Hall–Kier alpha value is -0.650. The number of hydrogen-bond donors (Lipinski definition) is 2. The van der Waals surface area contributed by atoms with E-state index in [1.807, 2.05) is 0 Å². The van der Waals surface area contributed by atoms with Gasteiger partial charge in [0, 0.05) is 6.61 Å². The third kappa shape index (κ3) is 4.47. The van der Waals surface area contributed by atoms with E-state index in [0.717, 1.165) is 25.9 Å². The van der Waals surface area contributed by atoms with Crippen molar-refractivity contribution in [2.45, 2.75) is 51.2 Å². The summed E-state index contributed by atoms with van der Waals surface area (Å²) in [5.41, 5.74) is 2.11. The summed E-state index contributed by atoms with van der Waals surface area (Å²) in [6.45, 7) is 3.52. The van der Waals surface area contributed by atoms with Gasteiger partial charge in [-0.05, 0) is 19.3 Å². The lowest BCUT2D eigenvalue weighted by atomic mass is 10.2. The van der Waals surface area contributed by atoms with Crippen molar-refractivity contribution >= 4 is 5.91 Å². The molecule has 1 aliphatic heterocycles. The first kappa shape index (κ1) is 13.4. The highest BCUT2D eigenvalue weighted by Gasteiger charge is 2.30. The summed E-state index contributed by atoms with van der Waals surface area (Å²) < 4.78 is 11.0. The maximum Gasteiger partial charge on any atom is 0.263 e. The number of hydrogen-bond acceptors (Lipinski definition) is 4. The highest BCUT2D eigenvalue weighted by molar-refractivity contribution is 5.80. The number of amides is 1. The summed E-state index contributed by atoms with van der Waals surface area (Å²) in [5, 5.41) is 0. The first-order valence-electron chi connectivity index (χ1n) is 6.01. The van der Waals surface area contributed by atoms with Crippen molar-refractivity contribution in [2.75, 3.05) is 13.2 Å². The molecule has 0 radical (unpaired) electrons. The first-order chi connectivity index (χ1) is 7.77. The molecule has 16 heavy (non-hydrogen) atoms. The van der Waals surface area contributed by atoms with Crippen LogP contribution < -0.4 is 11.3 Å². The van der Waals surface area contributed by atoms with Gasteiger partial charge in [0.1, 0.15) is 6.10 Å². The lowest BCUT2D eigenvalue weighted by Gasteiger charge is -2.12. The summed E-state index contributed by atoms with van der Waals surface area (Å²) >= 11 is 0. The predicted octanol–water partition coefficient (Wildman–Crippen LogP) is 0.731. The molecule has 1 rings (SSSR count). The lowest BCUT2D eigenvalue weighted by molar-refractivity contribution is -0.133. The number of hydrazine groups is 1. The van der Waals surface area contributed by atoms with Crippen LogP contribution in [0.2, 0.25) is 0 Å². The summed E-state index contributed by atoms with van der Waals surface area (Å²) in [6.07, 6.45) is 4.73. The smallest absolute Gasteiger partial charge is 0.263 e. The molecule has 5 nitrogen and oxygen atoms in total. The first-order valence-corrected chi connectivity index (χ1v) is 6.01. The van der Waals surface area contributed by atoms with Gasteiger partial charge in [-0.1, -0.05) is 19.8 Å². The maximum atomic E-state index is 11.2. The molecule has 0 aliphatic carbocycles. The highest BCUT2D eigenvalue weighted by atomic mass is 16.5. The molecule has 0 aromatic carbocycles. The Morgan fingerprint density at radius 3 is 3.00 bits per heavy atom. The van der Waals surface area contributed by atoms with Gasteiger partial charge in [0.2, 0.25) is 0 Å². The number of ether oxygens (including phenoxy) is 2. The Kier molecular flexibility index (Phi) is 6.37. The van der Waals surface area contributed by atoms with Gasteiger partial charge in [0.05, 0.1) is 12.7 Å². The minimum absolute atomic E-state index is 0.0453. The SMILES string of the molecule is CCCCCOCC1CCC(C(=O)NN)O1. The number of carbonyl (C=O) groups is 1. The Bertz CT molecular complexity index is 211. The number of carbonyl (C=O) groups excluding carboxylic acids is 1. The number of rotatable bonds is 7. The van der Waals surface area contributed by atoms with E-state index in [9.17, 15) is 4.79 Å². The van der Waals surface area contributed by atoms with E-state index in [-0.39, 0.29) is 12.0 Å². The van der Waals surface area contributed by atoms with E-state index < -0.39 is 6.10 Å². The van der Waals surface area contributed by atoms with E-state index in [1.165, 1.54) is 12.8 Å². The molecule has 1 aliphatic rings. The van der Waals surface area contributed by atoms with E-state index in [0.29, 0.717) is 6.61 Å². The van der Waals surface area contributed by atoms with Crippen molar-refractivity contribution in [2.24, 2.45) is 5.84 Å². The Morgan fingerprint density at radius 1 is 1.50 bits per heavy atom. The quantitative estimate of drug-likeness (QED) is 0.293. The fourth-order valence-electron chi connectivity index (χ4n) is 1.78. The van der Waals surface area contributed by atoms with Gasteiger partial charge in [-0.3, -0.25) is 10.2 Å². The molecule has 0 aromatic rings. The maximum absolute atomic E-state index is 11.2. The zero-order valence-electron chi connectivity index (χ0n) is 9.91. The average molecular weight is 230 g/mol. The molecular formula is C11H22N2O3. The molecule has 0 bridgehead atoms. The molecule has 0 spiro atoms.